The molecule has 9 nitrogen and oxygen atoms in total. The van der Waals surface area contributed by atoms with Crippen LogP contribution in [0, 0.1) is 0 Å². The molecule has 0 aliphatic carbocycles. The molecule has 240 valence electrons. The lowest BCUT2D eigenvalue weighted by Gasteiger charge is -2.47. The fourth-order valence-electron chi connectivity index (χ4n) is 4.98. The molecule has 4 rings (SSSR count). The molecular weight excluding hydrogens is 599 g/mol. The summed E-state index contributed by atoms with van der Waals surface area (Å²) in [5.74, 6) is -0.190. The van der Waals surface area contributed by atoms with Crippen LogP contribution in [-0.2, 0) is 13.0 Å². The smallest absolute Gasteiger partial charge is 0.494 e. The highest BCUT2D eigenvalue weighted by molar-refractivity contribution is 8.25. The summed E-state index contributed by atoms with van der Waals surface area (Å²) >= 11 is 0. The van der Waals surface area contributed by atoms with Gasteiger partial charge in [0.25, 0.3) is 5.91 Å². The Kier molecular flexibility index (Phi) is 11.4. The topological polar surface area (TPSA) is 124 Å². The SMILES string of the molecule is CCOc1cc(C(=O)NC(Cc2ccccc2)C(O)CNCc2cccc(OC(F)(F)F)c2)cc(N2CCCCS2(O)O)c1. The van der Waals surface area contributed by atoms with Gasteiger partial charge in [0.15, 0.2) is 0 Å². The number of aliphatic hydroxyl groups is 1. The van der Waals surface area contributed by atoms with Crippen LogP contribution < -0.4 is 24.4 Å². The van der Waals surface area contributed by atoms with Crippen LogP contribution in [0.25, 0.3) is 0 Å². The summed E-state index contributed by atoms with van der Waals surface area (Å²) in [5, 5.41) is 17.1. The van der Waals surface area contributed by atoms with Gasteiger partial charge in [-0.05, 0) is 61.6 Å². The van der Waals surface area contributed by atoms with Gasteiger partial charge in [-0.3, -0.25) is 18.2 Å². The highest BCUT2D eigenvalue weighted by Crippen LogP contribution is 2.50. The van der Waals surface area contributed by atoms with Crippen molar-refractivity contribution < 1.29 is 41.7 Å². The van der Waals surface area contributed by atoms with E-state index in [1.54, 1.807) is 31.2 Å². The highest BCUT2D eigenvalue weighted by atomic mass is 32.3. The summed E-state index contributed by atoms with van der Waals surface area (Å²) in [6.07, 6.45) is -4.11. The van der Waals surface area contributed by atoms with E-state index in [4.69, 9.17) is 4.74 Å². The van der Waals surface area contributed by atoms with Gasteiger partial charge in [-0.25, -0.2) is 0 Å². The van der Waals surface area contributed by atoms with Gasteiger partial charge in [0.05, 0.1) is 30.2 Å². The maximum absolute atomic E-state index is 13.6. The third-order valence-electron chi connectivity index (χ3n) is 7.03. The molecule has 0 spiro atoms. The summed E-state index contributed by atoms with van der Waals surface area (Å²) in [6.45, 7) is 2.75. The van der Waals surface area contributed by atoms with Gasteiger partial charge in [-0.1, -0.05) is 42.5 Å². The fourth-order valence-corrected chi connectivity index (χ4v) is 6.65. The zero-order chi connectivity index (χ0) is 31.7. The molecule has 2 atom stereocenters. The Morgan fingerprint density at radius 1 is 1.00 bits per heavy atom. The number of benzene rings is 3. The minimum absolute atomic E-state index is 0.0288. The number of amides is 1. The van der Waals surface area contributed by atoms with Crippen molar-refractivity contribution in [2.24, 2.45) is 0 Å². The molecule has 1 saturated heterocycles. The highest BCUT2D eigenvalue weighted by Gasteiger charge is 2.31. The van der Waals surface area contributed by atoms with Gasteiger partial charge in [-0.2, -0.15) is 0 Å². The largest absolute Gasteiger partial charge is 0.573 e. The van der Waals surface area contributed by atoms with E-state index in [-0.39, 0.29) is 30.2 Å². The molecule has 1 fully saturated rings. The number of ether oxygens (including phenoxy) is 2. The van der Waals surface area contributed by atoms with Gasteiger partial charge in [-0.15, -0.1) is 23.9 Å². The van der Waals surface area contributed by atoms with E-state index in [1.165, 1.54) is 22.5 Å². The number of hydrogen-bond donors (Lipinski definition) is 5. The Morgan fingerprint density at radius 3 is 2.45 bits per heavy atom. The number of carbonyl (C=O) groups excluding carboxylic acids is 1. The van der Waals surface area contributed by atoms with E-state index >= 15 is 0 Å². The second kappa shape index (κ2) is 15.0. The first-order chi connectivity index (χ1) is 20.9. The van der Waals surface area contributed by atoms with Gasteiger partial charge >= 0.3 is 6.36 Å². The minimum Gasteiger partial charge on any atom is -0.494 e. The molecule has 13 heteroatoms. The first-order valence-electron chi connectivity index (χ1n) is 14.3. The van der Waals surface area contributed by atoms with Crippen molar-refractivity contribution in [1.29, 1.82) is 0 Å². The summed E-state index contributed by atoms with van der Waals surface area (Å²) in [5.41, 5.74) is 2.08. The second-order valence-electron chi connectivity index (χ2n) is 10.5. The average Bonchev–Trinajstić information content (AvgIpc) is 2.96. The molecule has 0 bridgehead atoms. The lowest BCUT2D eigenvalue weighted by atomic mass is 10.00. The number of hydrogen-bond acceptors (Lipinski definition) is 8. The normalized spacial score (nSPS) is 16.9. The third-order valence-corrected chi connectivity index (χ3v) is 8.96. The van der Waals surface area contributed by atoms with E-state index in [0.717, 1.165) is 12.0 Å². The van der Waals surface area contributed by atoms with Crippen LogP contribution in [0.2, 0.25) is 0 Å². The zero-order valence-electron chi connectivity index (χ0n) is 24.3. The van der Waals surface area contributed by atoms with Crippen LogP contribution >= 0.6 is 10.8 Å². The van der Waals surface area contributed by atoms with Crippen molar-refractivity contribution >= 4 is 22.4 Å². The molecule has 1 amide bonds. The molecule has 1 heterocycles. The second-order valence-corrected chi connectivity index (χ2v) is 12.6. The van der Waals surface area contributed by atoms with Crippen LogP contribution in [-0.4, -0.2) is 64.1 Å². The molecule has 2 unspecified atom stereocenters. The van der Waals surface area contributed by atoms with Crippen molar-refractivity contribution in [3.63, 3.8) is 0 Å². The average molecular weight is 638 g/mol. The van der Waals surface area contributed by atoms with Gasteiger partial charge in [0, 0.05) is 31.3 Å². The number of rotatable bonds is 13. The molecule has 0 radical (unpaired) electrons. The Labute approximate surface area is 256 Å². The van der Waals surface area contributed by atoms with Crippen LogP contribution in [0.1, 0.15) is 41.3 Å². The molecule has 0 saturated carbocycles. The predicted molar refractivity (Wildman–Crippen MR) is 164 cm³/mol. The molecule has 3 aromatic carbocycles. The standard InChI is InChI=1S/C31H38F3N3O6S/c1-2-42-27-18-24(17-25(19-27)37-13-6-7-14-44(37,40)41)30(39)36-28(16-22-9-4-3-5-10-22)29(38)21-35-20-23-11-8-12-26(15-23)43-31(32,33)34/h3-5,8-12,15,17-19,28-29,35,38,40-41H,2,6-7,13-14,16,20-21H2,1H3,(H,36,39). The molecule has 3 aromatic rings. The van der Waals surface area contributed by atoms with Crippen molar-refractivity contribution in [3.8, 4) is 11.5 Å². The van der Waals surface area contributed by atoms with Crippen molar-refractivity contribution in [1.82, 2.24) is 10.6 Å². The number of alkyl halides is 3. The minimum atomic E-state index is -4.80. The van der Waals surface area contributed by atoms with E-state index < -0.39 is 35.2 Å². The number of nitrogens with one attached hydrogen (secondary N) is 2. The van der Waals surface area contributed by atoms with Crippen LogP contribution in [0.4, 0.5) is 18.9 Å². The van der Waals surface area contributed by atoms with E-state index in [1.807, 2.05) is 30.3 Å². The van der Waals surface area contributed by atoms with Crippen LogP contribution in [0.15, 0.2) is 72.8 Å². The predicted octanol–water partition coefficient (Wildman–Crippen LogP) is 5.74. The van der Waals surface area contributed by atoms with Crippen LogP contribution in [0.5, 0.6) is 11.5 Å². The Bertz CT molecular complexity index is 1380. The third kappa shape index (κ3) is 9.76. The first-order valence-corrected chi connectivity index (χ1v) is 16.0. The van der Waals surface area contributed by atoms with E-state index in [0.29, 0.717) is 43.0 Å². The number of aliphatic hydroxyl groups excluding tert-OH is 1. The Morgan fingerprint density at radius 2 is 1.75 bits per heavy atom. The number of carbonyl (C=O) groups is 1. The van der Waals surface area contributed by atoms with E-state index in [9.17, 15) is 32.2 Å². The molecular formula is C31H38F3N3O6S. The number of halogens is 3. The lowest BCUT2D eigenvalue weighted by molar-refractivity contribution is -0.274. The Balaban J connectivity index is 1.50. The summed E-state index contributed by atoms with van der Waals surface area (Å²) in [7, 11) is -3.04. The number of anilines is 1. The van der Waals surface area contributed by atoms with E-state index in [2.05, 4.69) is 15.4 Å². The molecule has 0 aromatic heterocycles. The molecule has 1 aliphatic rings. The Hall–Kier alpha value is -3.49. The molecule has 1 aliphatic heterocycles. The fraction of sp³-hybridized carbons (Fsp3) is 0.387. The zero-order valence-corrected chi connectivity index (χ0v) is 25.1. The molecule has 5 N–H and O–H groups in total. The summed E-state index contributed by atoms with van der Waals surface area (Å²) < 4.78 is 70.3. The quantitative estimate of drug-likeness (QED) is 0.161. The monoisotopic (exact) mass is 637 g/mol. The molecule has 44 heavy (non-hydrogen) atoms. The summed E-state index contributed by atoms with van der Waals surface area (Å²) in [6, 6.07) is 18.9. The van der Waals surface area contributed by atoms with Gasteiger partial charge in [0.2, 0.25) is 0 Å². The maximum Gasteiger partial charge on any atom is 0.573 e. The summed E-state index contributed by atoms with van der Waals surface area (Å²) in [4.78, 5) is 13.6. The van der Waals surface area contributed by atoms with Crippen molar-refractivity contribution in [2.45, 2.75) is 51.2 Å². The van der Waals surface area contributed by atoms with Crippen molar-refractivity contribution in [2.75, 3.05) is 29.8 Å². The van der Waals surface area contributed by atoms with Crippen molar-refractivity contribution in [3.05, 3.63) is 89.5 Å². The maximum atomic E-state index is 13.6. The number of nitrogens with zero attached hydrogens (tertiary/aromatic N) is 1. The first kappa shape index (κ1) is 33.4. The van der Waals surface area contributed by atoms with Crippen LogP contribution in [0.3, 0.4) is 0 Å². The van der Waals surface area contributed by atoms with Gasteiger partial charge in [0.1, 0.15) is 11.5 Å². The van der Waals surface area contributed by atoms with Gasteiger partial charge < -0.3 is 25.2 Å². The lowest BCUT2D eigenvalue weighted by Crippen LogP contribution is -2.48.